The van der Waals surface area contributed by atoms with E-state index in [4.69, 9.17) is 0 Å². The maximum atomic E-state index is 11.5. The topological polar surface area (TPSA) is 53.5 Å². The Bertz CT molecular complexity index is 800. The van der Waals surface area contributed by atoms with Crippen LogP contribution >= 0.6 is 11.3 Å². The Labute approximate surface area is 154 Å². The number of hydrogen-bond acceptors (Lipinski definition) is 6. The second-order valence-electron chi connectivity index (χ2n) is 6.68. The summed E-state index contributed by atoms with van der Waals surface area (Å²) in [4.78, 5) is 9.87. The van der Waals surface area contributed by atoms with Crippen molar-refractivity contribution >= 4 is 21.2 Å². The fourth-order valence-corrected chi connectivity index (χ4v) is 4.39. The van der Waals surface area contributed by atoms with E-state index in [1.54, 1.807) is 23.5 Å². The lowest BCUT2D eigenvalue weighted by Crippen LogP contribution is -2.30. The van der Waals surface area contributed by atoms with Crippen molar-refractivity contribution in [3.8, 4) is 0 Å². The van der Waals surface area contributed by atoms with Gasteiger partial charge in [0.2, 0.25) is 0 Å². The zero-order valence-corrected chi connectivity index (χ0v) is 16.4. The summed E-state index contributed by atoms with van der Waals surface area (Å²) in [5.41, 5.74) is 2.34. The molecule has 0 radical (unpaired) electrons. The number of hydrogen-bond donors (Lipinski definition) is 0. The minimum absolute atomic E-state index is 0.386. The van der Waals surface area contributed by atoms with Gasteiger partial charge in [0.05, 0.1) is 15.6 Å². The number of benzene rings is 1. The first-order valence-corrected chi connectivity index (χ1v) is 11.3. The summed E-state index contributed by atoms with van der Waals surface area (Å²) in [6.07, 6.45) is 2.39. The normalized spacial score (nSPS) is 17.5. The minimum atomic E-state index is -3.12. The number of aryl methyl sites for hydroxylation is 1. The van der Waals surface area contributed by atoms with E-state index >= 15 is 0 Å². The van der Waals surface area contributed by atoms with Gasteiger partial charge in [-0.05, 0) is 44.1 Å². The van der Waals surface area contributed by atoms with Gasteiger partial charge in [-0.25, -0.2) is 13.4 Å². The van der Waals surface area contributed by atoms with E-state index in [0.717, 1.165) is 56.3 Å². The largest absolute Gasteiger partial charge is 0.298 e. The van der Waals surface area contributed by atoms with Crippen LogP contribution in [0.5, 0.6) is 0 Å². The smallest absolute Gasteiger partial charge is 0.175 e. The highest BCUT2D eigenvalue weighted by atomic mass is 32.2. The first kappa shape index (κ1) is 18.5. The van der Waals surface area contributed by atoms with Crippen molar-refractivity contribution < 1.29 is 8.42 Å². The van der Waals surface area contributed by atoms with Crippen LogP contribution in [0.25, 0.3) is 0 Å². The van der Waals surface area contributed by atoms with Gasteiger partial charge in [0, 0.05) is 37.8 Å². The van der Waals surface area contributed by atoms with Crippen molar-refractivity contribution in [3.63, 3.8) is 0 Å². The molecule has 0 spiro atoms. The number of sulfone groups is 1. The number of thiazole rings is 1. The Morgan fingerprint density at radius 3 is 2.24 bits per heavy atom. The van der Waals surface area contributed by atoms with Crippen molar-refractivity contribution in [3.05, 3.63) is 45.9 Å². The Morgan fingerprint density at radius 1 is 1.04 bits per heavy atom. The zero-order chi connectivity index (χ0) is 17.9. The maximum absolute atomic E-state index is 11.5. The van der Waals surface area contributed by atoms with Gasteiger partial charge in [-0.2, -0.15) is 0 Å². The molecule has 0 N–H and O–H groups in total. The summed E-state index contributed by atoms with van der Waals surface area (Å²) in [6.45, 7) is 8.08. The molecule has 1 aromatic heterocycles. The van der Waals surface area contributed by atoms with Crippen molar-refractivity contribution in [1.82, 2.24) is 14.8 Å². The van der Waals surface area contributed by atoms with Crippen molar-refractivity contribution in [1.29, 1.82) is 0 Å². The van der Waals surface area contributed by atoms with Crippen molar-refractivity contribution in [2.45, 2.75) is 31.3 Å². The Kier molecular flexibility index (Phi) is 5.89. The highest BCUT2D eigenvalue weighted by Crippen LogP contribution is 2.15. The third kappa shape index (κ3) is 5.34. The SMILES string of the molecule is Cc1nc(CN2CCCN(Cc3ccc(S(C)(=O)=O)cc3)CC2)cs1. The molecule has 0 saturated carbocycles. The molecule has 0 atom stereocenters. The molecular formula is C18H25N3O2S2. The van der Waals surface area contributed by atoms with E-state index < -0.39 is 9.84 Å². The second-order valence-corrected chi connectivity index (χ2v) is 9.76. The van der Waals surface area contributed by atoms with E-state index in [1.165, 1.54) is 11.9 Å². The first-order valence-electron chi connectivity index (χ1n) is 8.55. The molecule has 2 heterocycles. The Balaban J connectivity index is 1.54. The van der Waals surface area contributed by atoms with Crippen molar-refractivity contribution in [2.75, 3.05) is 32.4 Å². The standard InChI is InChI=1S/C18H25N3O2S2/c1-15-19-17(14-24-15)13-21-9-3-8-20(10-11-21)12-16-4-6-18(7-5-16)25(2,22)23/h4-7,14H,3,8-13H2,1-2H3. The molecule has 2 aromatic rings. The van der Waals surface area contributed by atoms with Crippen LogP contribution in [0.4, 0.5) is 0 Å². The molecule has 0 amide bonds. The van der Waals surface area contributed by atoms with Crippen LogP contribution in [0.3, 0.4) is 0 Å². The lowest BCUT2D eigenvalue weighted by molar-refractivity contribution is 0.246. The first-order chi connectivity index (χ1) is 11.9. The summed E-state index contributed by atoms with van der Waals surface area (Å²) < 4.78 is 23.1. The molecule has 25 heavy (non-hydrogen) atoms. The molecular weight excluding hydrogens is 354 g/mol. The molecule has 0 unspecified atom stereocenters. The van der Waals surface area contributed by atoms with Gasteiger partial charge in [-0.1, -0.05) is 12.1 Å². The monoisotopic (exact) mass is 379 g/mol. The van der Waals surface area contributed by atoms with E-state index in [2.05, 4.69) is 20.2 Å². The van der Waals surface area contributed by atoms with E-state index in [-0.39, 0.29) is 0 Å². The van der Waals surface area contributed by atoms with Crippen molar-refractivity contribution in [2.24, 2.45) is 0 Å². The molecule has 0 bridgehead atoms. The highest BCUT2D eigenvalue weighted by molar-refractivity contribution is 7.90. The third-order valence-corrected chi connectivity index (χ3v) is 6.44. The van der Waals surface area contributed by atoms with Crippen LogP contribution in [0.1, 0.15) is 22.7 Å². The third-order valence-electron chi connectivity index (χ3n) is 4.49. The average Bonchev–Trinajstić information content (AvgIpc) is 2.83. The molecule has 1 saturated heterocycles. The quantitative estimate of drug-likeness (QED) is 0.799. The van der Waals surface area contributed by atoms with Crippen LogP contribution < -0.4 is 0 Å². The number of rotatable bonds is 5. The minimum Gasteiger partial charge on any atom is -0.298 e. The summed E-state index contributed by atoms with van der Waals surface area (Å²) in [5, 5.41) is 3.28. The van der Waals surface area contributed by atoms with Crippen LogP contribution in [0.15, 0.2) is 34.5 Å². The fraction of sp³-hybridized carbons (Fsp3) is 0.500. The van der Waals surface area contributed by atoms with Crippen LogP contribution in [0, 0.1) is 6.92 Å². The van der Waals surface area contributed by atoms with Gasteiger partial charge in [0.1, 0.15) is 0 Å². The van der Waals surface area contributed by atoms with Gasteiger partial charge in [0.15, 0.2) is 9.84 Å². The molecule has 1 aliphatic rings. The predicted molar refractivity (Wildman–Crippen MR) is 102 cm³/mol. The molecule has 1 fully saturated rings. The Morgan fingerprint density at radius 2 is 1.68 bits per heavy atom. The summed E-state index contributed by atoms with van der Waals surface area (Å²) >= 11 is 1.71. The molecule has 5 nitrogen and oxygen atoms in total. The molecule has 3 rings (SSSR count). The van der Waals surface area contributed by atoms with E-state index in [9.17, 15) is 8.42 Å². The highest BCUT2D eigenvalue weighted by Gasteiger charge is 2.16. The van der Waals surface area contributed by atoms with E-state index in [0.29, 0.717) is 4.90 Å². The van der Waals surface area contributed by atoms with Crippen LogP contribution in [0.2, 0.25) is 0 Å². The van der Waals surface area contributed by atoms with Gasteiger partial charge in [-0.15, -0.1) is 11.3 Å². The maximum Gasteiger partial charge on any atom is 0.175 e. The molecule has 0 aliphatic carbocycles. The summed E-state index contributed by atoms with van der Waals surface area (Å²) in [5.74, 6) is 0. The van der Waals surface area contributed by atoms with E-state index in [1.807, 2.05) is 19.1 Å². The molecule has 1 aromatic carbocycles. The molecule has 1 aliphatic heterocycles. The zero-order valence-electron chi connectivity index (χ0n) is 14.8. The summed E-state index contributed by atoms with van der Waals surface area (Å²) in [6, 6.07) is 7.27. The Hall–Kier alpha value is -1.28. The van der Waals surface area contributed by atoms with Gasteiger partial charge in [-0.3, -0.25) is 9.80 Å². The number of nitrogens with zero attached hydrogens (tertiary/aromatic N) is 3. The summed E-state index contributed by atoms with van der Waals surface area (Å²) in [7, 11) is -3.12. The lowest BCUT2D eigenvalue weighted by Gasteiger charge is -2.21. The van der Waals surface area contributed by atoms with Gasteiger partial charge >= 0.3 is 0 Å². The number of aromatic nitrogens is 1. The fourth-order valence-electron chi connectivity index (χ4n) is 3.15. The van der Waals surface area contributed by atoms with Gasteiger partial charge in [0.25, 0.3) is 0 Å². The van der Waals surface area contributed by atoms with Crippen LogP contribution in [-0.2, 0) is 22.9 Å². The van der Waals surface area contributed by atoms with Gasteiger partial charge < -0.3 is 0 Å². The lowest BCUT2D eigenvalue weighted by atomic mass is 10.2. The molecule has 136 valence electrons. The molecule has 7 heteroatoms. The predicted octanol–water partition coefficient (Wildman–Crippen LogP) is 2.56. The van der Waals surface area contributed by atoms with Crippen LogP contribution in [-0.4, -0.2) is 55.6 Å². The second kappa shape index (κ2) is 7.95. The average molecular weight is 380 g/mol.